The van der Waals surface area contributed by atoms with E-state index in [1.165, 1.54) is 18.4 Å². The summed E-state index contributed by atoms with van der Waals surface area (Å²) in [6.07, 6.45) is 0.303. The number of halogens is 4. The van der Waals surface area contributed by atoms with Crippen LogP contribution in [0.1, 0.15) is 6.92 Å². The van der Waals surface area contributed by atoms with Crippen LogP contribution >= 0.6 is 0 Å². The van der Waals surface area contributed by atoms with Crippen molar-refractivity contribution in [2.75, 3.05) is 13.2 Å². The molecule has 0 aromatic carbocycles. The van der Waals surface area contributed by atoms with Crippen LogP contribution in [-0.2, 0) is 4.74 Å². The van der Waals surface area contributed by atoms with Crippen molar-refractivity contribution in [3.8, 4) is 0 Å². The molecule has 0 saturated carbocycles. The molecule has 1 aliphatic heterocycles. The molecule has 0 aliphatic carbocycles. The molecule has 1 aliphatic rings. The maximum absolute atomic E-state index is 12.6. The van der Waals surface area contributed by atoms with E-state index in [0.29, 0.717) is 0 Å². The molecule has 0 aromatic rings. The van der Waals surface area contributed by atoms with Crippen LogP contribution in [0.3, 0.4) is 0 Å². The molecule has 98 valence electrons. The van der Waals surface area contributed by atoms with Gasteiger partial charge in [-0.3, -0.25) is 0 Å². The lowest BCUT2D eigenvalue weighted by Gasteiger charge is -2.28. The SMILES string of the molecule is CC1(CO)C=C(OCC(F)(F)C(F)F)C=CN1. The number of aliphatic hydroxyl groups is 1. The molecular weight excluding hydrogens is 242 g/mol. The number of ether oxygens (including phenoxy) is 1. The van der Waals surface area contributed by atoms with Crippen LogP contribution in [0.5, 0.6) is 0 Å². The molecule has 0 saturated heterocycles. The summed E-state index contributed by atoms with van der Waals surface area (Å²) in [5.41, 5.74) is -0.843. The summed E-state index contributed by atoms with van der Waals surface area (Å²) >= 11 is 0. The van der Waals surface area contributed by atoms with Crippen LogP contribution in [0.25, 0.3) is 0 Å². The molecule has 0 radical (unpaired) electrons. The first kappa shape index (κ1) is 13.8. The molecule has 1 atom stereocenters. The monoisotopic (exact) mass is 255 g/mol. The number of alkyl halides is 4. The molecule has 7 heteroatoms. The summed E-state index contributed by atoms with van der Waals surface area (Å²) in [5.74, 6) is -4.17. The average molecular weight is 255 g/mol. The predicted molar refractivity (Wildman–Crippen MR) is 52.8 cm³/mol. The van der Waals surface area contributed by atoms with Crippen LogP contribution in [0.15, 0.2) is 24.1 Å². The summed E-state index contributed by atoms with van der Waals surface area (Å²) in [7, 11) is 0. The van der Waals surface area contributed by atoms with E-state index in [4.69, 9.17) is 5.11 Å². The zero-order valence-corrected chi connectivity index (χ0v) is 9.09. The number of dihydropyridines is 1. The van der Waals surface area contributed by atoms with Crippen molar-refractivity contribution in [1.29, 1.82) is 0 Å². The van der Waals surface area contributed by atoms with Gasteiger partial charge in [0.25, 0.3) is 0 Å². The number of allylic oxidation sites excluding steroid dienone is 1. The van der Waals surface area contributed by atoms with E-state index >= 15 is 0 Å². The highest BCUT2D eigenvalue weighted by Crippen LogP contribution is 2.25. The normalized spacial score (nSPS) is 24.5. The highest BCUT2D eigenvalue weighted by Gasteiger charge is 2.42. The molecule has 0 amide bonds. The molecule has 0 spiro atoms. The predicted octanol–water partition coefficient (Wildman–Crippen LogP) is 1.66. The van der Waals surface area contributed by atoms with Crippen molar-refractivity contribution in [3.63, 3.8) is 0 Å². The molecule has 1 unspecified atom stereocenters. The van der Waals surface area contributed by atoms with E-state index in [9.17, 15) is 17.6 Å². The first-order valence-electron chi connectivity index (χ1n) is 4.86. The van der Waals surface area contributed by atoms with Crippen molar-refractivity contribution in [2.45, 2.75) is 24.8 Å². The van der Waals surface area contributed by atoms with Crippen molar-refractivity contribution in [3.05, 3.63) is 24.1 Å². The lowest BCUT2D eigenvalue weighted by Crippen LogP contribution is -2.43. The molecule has 3 nitrogen and oxygen atoms in total. The van der Waals surface area contributed by atoms with Crippen LogP contribution < -0.4 is 5.32 Å². The first-order valence-corrected chi connectivity index (χ1v) is 4.86. The Balaban J connectivity index is 2.61. The van der Waals surface area contributed by atoms with Gasteiger partial charge >= 0.3 is 12.3 Å². The smallest absolute Gasteiger partial charge is 0.340 e. The maximum atomic E-state index is 12.6. The summed E-state index contributed by atoms with van der Waals surface area (Å²) in [6.45, 7) is -0.0805. The van der Waals surface area contributed by atoms with Gasteiger partial charge in [-0.25, -0.2) is 8.78 Å². The number of rotatable bonds is 5. The summed E-state index contributed by atoms with van der Waals surface area (Å²) in [5, 5.41) is 11.8. The van der Waals surface area contributed by atoms with E-state index in [1.807, 2.05) is 0 Å². The van der Waals surface area contributed by atoms with Gasteiger partial charge < -0.3 is 15.2 Å². The van der Waals surface area contributed by atoms with Crippen LogP contribution in [0.2, 0.25) is 0 Å². The van der Waals surface area contributed by atoms with Gasteiger partial charge in [0, 0.05) is 6.20 Å². The second-order valence-corrected chi connectivity index (χ2v) is 3.95. The number of aliphatic hydroxyl groups excluding tert-OH is 1. The molecule has 1 heterocycles. The molecule has 0 aromatic heterocycles. The Morgan fingerprint density at radius 2 is 2.18 bits per heavy atom. The Morgan fingerprint density at radius 1 is 1.53 bits per heavy atom. The first-order chi connectivity index (χ1) is 7.79. The average Bonchev–Trinajstić information content (AvgIpc) is 2.27. The summed E-state index contributed by atoms with van der Waals surface area (Å²) < 4.78 is 53.5. The fraction of sp³-hybridized carbons (Fsp3) is 0.600. The van der Waals surface area contributed by atoms with Crippen molar-refractivity contribution in [2.24, 2.45) is 0 Å². The molecule has 2 N–H and O–H groups in total. The van der Waals surface area contributed by atoms with Gasteiger partial charge in [-0.05, 0) is 19.1 Å². The standard InChI is InChI=1S/C10H13F4NO2/c1-9(5-16)4-7(2-3-15-9)17-6-10(13,14)8(11)12/h2-4,8,15-16H,5-6H2,1H3. The Labute approximate surface area is 95.8 Å². The lowest BCUT2D eigenvalue weighted by molar-refractivity contribution is -0.157. The van der Waals surface area contributed by atoms with Gasteiger partial charge in [0.15, 0.2) is 6.61 Å². The Hall–Kier alpha value is -1.24. The van der Waals surface area contributed by atoms with Crippen LogP contribution in [-0.4, -0.2) is 36.2 Å². The highest BCUT2D eigenvalue weighted by molar-refractivity contribution is 5.24. The Bertz CT molecular complexity index is 330. The topological polar surface area (TPSA) is 41.5 Å². The second-order valence-electron chi connectivity index (χ2n) is 3.95. The number of nitrogens with one attached hydrogen (secondary N) is 1. The number of hydrogen-bond donors (Lipinski definition) is 2. The van der Waals surface area contributed by atoms with Crippen LogP contribution in [0, 0.1) is 0 Å². The molecule has 1 rings (SSSR count). The third-order valence-corrected chi connectivity index (χ3v) is 2.20. The van der Waals surface area contributed by atoms with Crippen molar-refractivity contribution < 1.29 is 27.4 Å². The minimum Gasteiger partial charge on any atom is -0.487 e. The van der Waals surface area contributed by atoms with E-state index in [1.54, 1.807) is 6.92 Å². The second kappa shape index (κ2) is 4.95. The molecule has 17 heavy (non-hydrogen) atoms. The van der Waals surface area contributed by atoms with Crippen molar-refractivity contribution in [1.82, 2.24) is 5.32 Å². The van der Waals surface area contributed by atoms with Gasteiger partial charge in [-0.15, -0.1) is 0 Å². The third-order valence-electron chi connectivity index (χ3n) is 2.20. The Morgan fingerprint density at radius 3 is 2.71 bits per heavy atom. The minimum atomic E-state index is -4.19. The molecular formula is C10H13F4NO2. The highest BCUT2D eigenvalue weighted by atomic mass is 19.3. The van der Waals surface area contributed by atoms with Crippen LogP contribution in [0.4, 0.5) is 17.6 Å². The lowest BCUT2D eigenvalue weighted by atomic mass is 10.0. The largest absolute Gasteiger partial charge is 0.487 e. The third kappa shape index (κ3) is 3.62. The molecule has 0 fully saturated rings. The minimum absolute atomic E-state index is 0.0145. The summed E-state index contributed by atoms with van der Waals surface area (Å²) in [6, 6.07) is 0. The van der Waals surface area contributed by atoms with E-state index < -0.39 is 24.5 Å². The Kier molecular flexibility index (Phi) is 4.03. The fourth-order valence-electron chi connectivity index (χ4n) is 1.14. The maximum Gasteiger partial charge on any atom is 0.340 e. The van der Waals surface area contributed by atoms with Crippen molar-refractivity contribution >= 4 is 0 Å². The van der Waals surface area contributed by atoms with Gasteiger partial charge in [0.2, 0.25) is 0 Å². The zero-order chi connectivity index (χ0) is 13.1. The quantitative estimate of drug-likeness (QED) is 0.734. The van der Waals surface area contributed by atoms with Gasteiger partial charge in [-0.1, -0.05) is 0 Å². The molecule has 0 bridgehead atoms. The van der Waals surface area contributed by atoms with E-state index in [2.05, 4.69) is 10.1 Å². The number of hydrogen-bond acceptors (Lipinski definition) is 3. The van der Waals surface area contributed by atoms with E-state index in [0.717, 1.165) is 0 Å². The zero-order valence-electron chi connectivity index (χ0n) is 9.09. The van der Waals surface area contributed by atoms with Gasteiger partial charge in [0.1, 0.15) is 5.76 Å². The summed E-state index contributed by atoms with van der Waals surface area (Å²) in [4.78, 5) is 0. The fourth-order valence-corrected chi connectivity index (χ4v) is 1.14. The van der Waals surface area contributed by atoms with Gasteiger partial charge in [-0.2, -0.15) is 8.78 Å². The van der Waals surface area contributed by atoms with E-state index in [-0.39, 0.29) is 12.4 Å². The van der Waals surface area contributed by atoms with Gasteiger partial charge in [0.05, 0.1) is 12.1 Å².